The molecule has 0 spiro atoms. The molecule has 0 aromatic heterocycles. The van der Waals surface area contributed by atoms with Crippen molar-refractivity contribution in [3.8, 4) is 5.75 Å². The summed E-state index contributed by atoms with van der Waals surface area (Å²) in [6.07, 6.45) is 3.41. The predicted octanol–water partition coefficient (Wildman–Crippen LogP) is 3.86. The number of hydrogen-bond donors (Lipinski definition) is 4. The first-order chi connectivity index (χ1) is 23.3. The monoisotopic (exact) mass is 721 g/mol. The van der Waals surface area contributed by atoms with Crippen LogP contribution in [0.15, 0.2) is 24.3 Å². The third-order valence-corrected chi connectivity index (χ3v) is 13.1. The van der Waals surface area contributed by atoms with Crippen molar-refractivity contribution in [3.63, 3.8) is 0 Å². The zero-order chi connectivity index (χ0) is 37.3. The fourth-order valence-electron chi connectivity index (χ4n) is 6.14. The van der Waals surface area contributed by atoms with Gasteiger partial charge >= 0.3 is 5.97 Å². The number of fused-ring (bicyclic) bond motifs is 1. The van der Waals surface area contributed by atoms with Crippen molar-refractivity contribution in [2.75, 3.05) is 13.2 Å². The molecule has 2 aliphatic heterocycles. The second-order valence-electron chi connectivity index (χ2n) is 15.1. The lowest BCUT2D eigenvalue weighted by Crippen LogP contribution is -2.64. The number of unbranched alkanes of at least 4 members (excludes halogenated alkanes) is 4. The SMILES string of the molecule is CC(=O)NC(Cc1ccc(OC(C)=O)cc1)C(=O)NCC1OC(OCCCCCCCC(C)(C)[Si](C)(C)O)C(NC(C)=O)C2OC(C)(C)OC12. The lowest BCUT2D eigenvalue weighted by Gasteiger charge is -2.42. The summed E-state index contributed by atoms with van der Waals surface area (Å²) in [4.78, 5) is 59.5. The molecule has 3 rings (SSSR count). The second kappa shape index (κ2) is 18.0. The van der Waals surface area contributed by atoms with Gasteiger partial charge in [-0.2, -0.15) is 0 Å². The highest BCUT2D eigenvalue weighted by molar-refractivity contribution is 6.72. The van der Waals surface area contributed by atoms with Crippen LogP contribution in [0.25, 0.3) is 0 Å². The predicted molar refractivity (Wildman–Crippen MR) is 190 cm³/mol. The van der Waals surface area contributed by atoms with Gasteiger partial charge in [0.05, 0.1) is 0 Å². The average Bonchev–Trinajstić information content (AvgIpc) is 3.33. The topological polar surface area (TPSA) is 171 Å². The number of ether oxygens (including phenoxy) is 5. The van der Waals surface area contributed by atoms with Gasteiger partial charge in [0.1, 0.15) is 36.1 Å². The van der Waals surface area contributed by atoms with E-state index < -0.39 is 62.7 Å². The fourth-order valence-corrected chi connectivity index (χ4v) is 6.93. The van der Waals surface area contributed by atoms with Gasteiger partial charge in [-0.3, -0.25) is 19.2 Å². The van der Waals surface area contributed by atoms with Gasteiger partial charge in [-0.05, 0) is 62.5 Å². The summed E-state index contributed by atoms with van der Waals surface area (Å²) < 4.78 is 30.2. The van der Waals surface area contributed by atoms with Crippen LogP contribution in [-0.4, -0.2) is 92.4 Å². The molecule has 0 bridgehead atoms. The van der Waals surface area contributed by atoms with Crippen LogP contribution in [0.3, 0.4) is 0 Å². The summed E-state index contributed by atoms with van der Waals surface area (Å²) in [5.41, 5.74) is 0.754. The molecule has 0 saturated carbocycles. The summed E-state index contributed by atoms with van der Waals surface area (Å²) in [6.45, 7) is 16.4. The maximum absolute atomic E-state index is 13.5. The molecule has 0 radical (unpaired) electrons. The highest BCUT2D eigenvalue weighted by atomic mass is 28.4. The molecule has 13 nitrogen and oxygen atoms in total. The highest BCUT2D eigenvalue weighted by Crippen LogP contribution is 2.40. The van der Waals surface area contributed by atoms with Crippen molar-refractivity contribution in [2.24, 2.45) is 0 Å². The van der Waals surface area contributed by atoms with E-state index in [1.807, 2.05) is 13.1 Å². The van der Waals surface area contributed by atoms with Gasteiger partial charge < -0.3 is 44.4 Å². The molecular weight excluding hydrogens is 662 g/mol. The summed E-state index contributed by atoms with van der Waals surface area (Å²) in [6, 6.07) is 5.19. The van der Waals surface area contributed by atoms with Crippen LogP contribution in [0.1, 0.15) is 92.6 Å². The van der Waals surface area contributed by atoms with Crippen molar-refractivity contribution in [1.82, 2.24) is 16.0 Å². The zero-order valence-electron chi connectivity index (χ0n) is 31.3. The van der Waals surface area contributed by atoms with Crippen molar-refractivity contribution >= 4 is 32.0 Å². The zero-order valence-corrected chi connectivity index (χ0v) is 32.3. The van der Waals surface area contributed by atoms with Crippen LogP contribution in [0, 0.1) is 0 Å². The number of esters is 1. The van der Waals surface area contributed by atoms with E-state index in [1.54, 1.807) is 38.1 Å². The van der Waals surface area contributed by atoms with E-state index in [2.05, 4.69) is 29.8 Å². The highest BCUT2D eigenvalue weighted by Gasteiger charge is 2.56. The van der Waals surface area contributed by atoms with Gasteiger partial charge in [-0.1, -0.05) is 51.7 Å². The van der Waals surface area contributed by atoms with E-state index >= 15 is 0 Å². The molecule has 14 heteroatoms. The smallest absolute Gasteiger partial charge is 0.308 e. The standard InChI is InChI=1S/C36H59N3O10Si/c1-23(40)38-28(21-26-15-17-27(18-16-26)46-25(3)42)33(43)37-22-29-31-32(49-36(6,7)48-31)30(39-24(2)41)34(47-29)45-20-14-12-10-11-13-19-35(4,5)50(8,9)44/h15-18,28-32,34,44H,10-14,19-22H2,1-9H3,(H,37,43)(H,38,40)(H,39,41). The van der Waals surface area contributed by atoms with Gasteiger partial charge in [0.2, 0.25) is 17.7 Å². The second-order valence-corrected chi connectivity index (χ2v) is 19.6. The number of hydrogen-bond acceptors (Lipinski definition) is 10. The van der Waals surface area contributed by atoms with Crippen molar-refractivity contribution < 1.29 is 47.7 Å². The Balaban J connectivity index is 1.62. The van der Waals surface area contributed by atoms with Crippen LogP contribution in [0.4, 0.5) is 0 Å². The molecule has 2 fully saturated rings. The quantitative estimate of drug-likeness (QED) is 0.0756. The first kappa shape index (κ1) is 41.5. The number of carbonyl (C=O) groups is 4. The lowest BCUT2D eigenvalue weighted by molar-refractivity contribution is -0.243. The average molecular weight is 722 g/mol. The fraction of sp³-hybridized carbons (Fsp3) is 0.722. The molecule has 2 saturated heterocycles. The van der Waals surface area contributed by atoms with E-state index in [0.29, 0.717) is 12.4 Å². The molecule has 0 aliphatic carbocycles. The third-order valence-electron chi connectivity index (χ3n) is 9.54. The van der Waals surface area contributed by atoms with Gasteiger partial charge in [-0.25, -0.2) is 0 Å². The summed E-state index contributed by atoms with van der Waals surface area (Å²) in [5, 5.41) is 8.53. The molecule has 2 heterocycles. The number of rotatable bonds is 18. The maximum Gasteiger partial charge on any atom is 0.308 e. The van der Waals surface area contributed by atoms with E-state index in [4.69, 9.17) is 23.7 Å². The van der Waals surface area contributed by atoms with Gasteiger partial charge in [0.15, 0.2) is 20.4 Å². The number of benzene rings is 1. The number of nitrogens with one attached hydrogen (secondary N) is 3. The van der Waals surface area contributed by atoms with Gasteiger partial charge in [0.25, 0.3) is 0 Å². The van der Waals surface area contributed by atoms with Crippen LogP contribution in [-0.2, 0) is 44.5 Å². The van der Waals surface area contributed by atoms with E-state index in [1.165, 1.54) is 20.8 Å². The van der Waals surface area contributed by atoms with Crippen LogP contribution >= 0.6 is 0 Å². The molecule has 4 N–H and O–H groups in total. The Bertz CT molecular complexity index is 1300. The molecule has 2 aliphatic rings. The molecule has 1 aromatic rings. The Hall–Kier alpha value is -2.88. The minimum Gasteiger partial charge on any atom is -0.432 e. The minimum absolute atomic E-state index is 0.0216. The Morgan fingerprint density at radius 3 is 2.16 bits per heavy atom. The molecule has 6 atom stereocenters. The van der Waals surface area contributed by atoms with Gasteiger partial charge in [-0.15, -0.1) is 0 Å². The molecule has 1 aromatic carbocycles. The van der Waals surface area contributed by atoms with E-state index in [-0.39, 0.29) is 29.8 Å². The first-order valence-electron chi connectivity index (χ1n) is 17.7. The van der Waals surface area contributed by atoms with Crippen LogP contribution in [0.2, 0.25) is 18.1 Å². The maximum atomic E-state index is 13.5. The molecule has 6 unspecified atom stereocenters. The van der Waals surface area contributed by atoms with E-state index in [0.717, 1.165) is 44.1 Å². The lowest BCUT2D eigenvalue weighted by atomic mass is 9.96. The Morgan fingerprint density at radius 1 is 0.940 bits per heavy atom. The molecule has 282 valence electrons. The third kappa shape index (κ3) is 12.7. The summed E-state index contributed by atoms with van der Waals surface area (Å²) in [5.74, 6) is -2.07. The largest absolute Gasteiger partial charge is 0.432 e. The van der Waals surface area contributed by atoms with Crippen molar-refractivity contribution in [3.05, 3.63) is 29.8 Å². The first-order valence-corrected chi connectivity index (χ1v) is 20.7. The van der Waals surface area contributed by atoms with Crippen LogP contribution in [0.5, 0.6) is 5.75 Å². The molecule has 3 amide bonds. The number of amides is 3. The molecule has 50 heavy (non-hydrogen) atoms. The number of carbonyl (C=O) groups excluding carboxylic acids is 4. The van der Waals surface area contributed by atoms with Crippen molar-refractivity contribution in [1.29, 1.82) is 0 Å². The minimum atomic E-state index is -2.21. The van der Waals surface area contributed by atoms with E-state index in [9.17, 15) is 24.0 Å². The summed E-state index contributed by atoms with van der Waals surface area (Å²) >= 11 is 0. The normalized spacial score (nSPS) is 23.8. The Morgan fingerprint density at radius 2 is 1.56 bits per heavy atom. The van der Waals surface area contributed by atoms with Gasteiger partial charge in [0, 0.05) is 40.3 Å². The Labute approximate surface area is 298 Å². The van der Waals surface area contributed by atoms with Crippen LogP contribution < -0.4 is 20.7 Å². The molecular formula is C36H59N3O10Si. The summed E-state index contributed by atoms with van der Waals surface area (Å²) in [7, 11) is -2.21. The Kier molecular flexibility index (Phi) is 15.0. The van der Waals surface area contributed by atoms with Crippen molar-refractivity contribution in [2.45, 2.75) is 154 Å².